The molecule has 102 valence electrons. The molecule has 2 nitrogen and oxygen atoms in total. The Bertz CT molecular complexity index is 580. The fourth-order valence-corrected chi connectivity index (χ4v) is 1.70. The number of nitrogens with zero attached hydrogens (tertiary/aromatic N) is 2. The first-order valence-corrected chi connectivity index (χ1v) is 10.8. The van der Waals surface area contributed by atoms with E-state index in [4.69, 9.17) is 0 Å². The van der Waals surface area contributed by atoms with Crippen LogP contribution in [0.5, 0.6) is 0 Å². The third kappa shape index (κ3) is 4.01. The number of hydrogen-bond donors (Lipinski definition) is 0. The van der Waals surface area contributed by atoms with E-state index in [0.29, 0.717) is 0 Å². The molecule has 1 aromatic carbocycles. The summed E-state index contributed by atoms with van der Waals surface area (Å²) < 4.78 is 0. The molecular weight excluding hydrogens is 553 g/mol. The summed E-state index contributed by atoms with van der Waals surface area (Å²) >= 11 is 4.36. The van der Waals surface area contributed by atoms with Crippen LogP contribution in [0.1, 0.15) is 0 Å². The van der Waals surface area contributed by atoms with E-state index in [1.165, 1.54) is 0 Å². The van der Waals surface area contributed by atoms with Gasteiger partial charge in [-0.25, -0.2) is 0 Å². The fraction of sp³-hybridized carbons (Fsp3) is 0. The summed E-state index contributed by atoms with van der Waals surface area (Å²) in [6.07, 6.45) is 3.62. The van der Waals surface area contributed by atoms with Crippen molar-refractivity contribution in [1.29, 1.82) is 0 Å². The summed E-state index contributed by atoms with van der Waals surface area (Å²) in [5.41, 5.74) is 2.02. The van der Waals surface area contributed by atoms with Crippen molar-refractivity contribution in [1.82, 2.24) is 9.97 Å². The summed E-state index contributed by atoms with van der Waals surface area (Å²) in [6.45, 7) is 0. The molecule has 2 heterocycles. The largest absolute Gasteiger partial charge is 0.256 e. The Morgan fingerprint density at radius 2 is 1.56 bits per heavy atom. The van der Waals surface area contributed by atoms with Crippen molar-refractivity contribution in [2.75, 3.05) is 0 Å². The Kier molecular flexibility index (Phi) is 7.98. The number of pyridine rings is 2. The molecule has 0 atom stereocenters. The van der Waals surface area contributed by atoms with Crippen molar-refractivity contribution >= 4 is 62.5 Å². The average Bonchev–Trinajstić information content (AvgIpc) is 2.40. The van der Waals surface area contributed by atoms with Gasteiger partial charge in [-0.3, -0.25) is 9.97 Å². The molecule has 0 aliphatic carbocycles. The van der Waals surface area contributed by atoms with Crippen molar-refractivity contribution in [3.63, 3.8) is 0 Å². The van der Waals surface area contributed by atoms with Gasteiger partial charge in [-0.05, 0) is 24.3 Å². The van der Waals surface area contributed by atoms with E-state index in [1.54, 1.807) is 14.7 Å². The molecule has 0 fully saturated rings. The van der Waals surface area contributed by atoms with E-state index in [2.05, 4.69) is 68.9 Å². The van der Waals surface area contributed by atoms with Gasteiger partial charge in [0, 0.05) is 40.2 Å². The van der Waals surface area contributed by atoms with E-state index in [-0.39, 0.29) is 17.1 Å². The number of aromatic nitrogens is 2. The van der Waals surface area contributed by atoms with E-state index in [1.807, 2.05) is 24.4 Å². The maximum atomic E-state index is 4.37. The summed E-state index contributed by atoms with van der Waals surface area (Å²) in [4.78, 5) is 8.66. The number of benzene rings is 1. The van der Waals surface area contributed by atoms with E-state index in [0.717, 1.165) is 21.8 Å². The van der Waals surface area contributed by atoms with Crippen LogP contribution >= 0.6 is 40.7 Å². The van der Waals surface area contributed by atoms with Gasteiger partial charge in [-0.2, -0.15) is 0 Å². The van der Waals surface area contributed by atoms with Crippen LogP contribution in [0.4, 0.5) is 0 Å². The van der Waals surface area contributed by atoms with Crippen LogP contribution in [-0.4, -0.2) is 9.97 Å². The van der Waals surface area contributed by atoms with Gasteiger partial charge < -0.3 is 0 Å². The molecule has 3 aromatic rings. The summed E-state index contributed by atoms with van der Waals surface area (Å²) in [5, 5.41) is 2.28. The second kappa shape index (κ2) is 8.66. The normalized spacial score (nSPS) is 9.67. The molecule has 0 N–H and O–H groups in total. The van der Waals surface area contributed by atoms with Gasteiger partial charge in [-0.15, -0.1) is 0 Å². The van der Waals surface area contributed by atoms with Crippen LogP contribution in [0.15, 0.2) is 48.8 Å². The molecule has 0 bridgehead atoms. The summed E-state index contributed by atoms with van der Waals surface area (Å²) in [6, 6.07) is 12.1. The Hall–Kier alpha value is 0.539. The zero-order chi connectivity index (χ0) is 12.1. The van der Waals surface area contributed by atoms with Gasteiger partial charge in [0.05, 0.1) is 11.0 Å². The van der Waals surface area contributed by atoms with Gasteiger partial charge in [0.1, 0.15) is 0 Å². The molecule has 0 aliphatic heterocycles. The number of rotatable bonds is 0. The second-order valence-corrected chi connectivity index (χ2v) is 11.2. The Morgan fingerprint density at radius 3 is 2.33 bits per heavy atom. The van der Waals surface area contributed by atoms with E-state index >= 15 is 0 Å². The standard InChI is InChI=1S/C12H8N2.2Cu.2HI/c1-3-9-5-6-11-10(4-2-7-13-11)12(9)14-8-1;;;;/h1-8H;;;2*1H/q;;+2;;/p-2. The van der Waals surface area contributed by atoms with Crippen LogP contribution < -0.4 is 0 Å². The minimum atomic E-state index is 0. The molecule has 0 aliphatic rings. The molecule has 0 spiro atoms. The van der Waals surface area contributed by atoms with Gasteiger partial charge >= 0.3 is 49.1 Å². The number of fused-ring (bicyclic) bond motifs is 3. The topological polar surface area (TPSA) is 25.8 Å². The Labute approximate surface area is 145 Å². The van der Waals surface area contributed by atoms with Crippen LogP contribution in [0.25, 0.3) is 21.8 Å². The Balaban J connectivity index is 0.000000372. The van der Waals surface area contributed by atoms with Crippen molar-refractivity contribution < 1.29 is 25.5 Å². The van der Waals surface area contributed by atoms with Crippen LogP contribution in [-0.2, 0) is 25.5 Å². The minimum absolute atomic E-state index is 0. The molecule has 0 saturated carbocycles. The van der Waals surface area contributed by atoms with Gasteiger partial charge in [-0.1, -0.05) is 12.1 Å². The van der Waals surface area contributed by atoms with Gasteiger partial charge in [0.25, 0.3) is 0 Å². The SMILES string of the molecule is [Cu].[I][Cu][I].c1cnc2c(c1)ccc1ncccc12. The summed E-state index contributed by atoms with van der Waals surface area (Å²) in [5.74, 6) is 0. The first-order valence-electron chi connectivity index (χ1n) is 4.76. The van der Waals surface area contributed by atoms with Crippen molar-refractivity contribution in [3.05, 3.63) is 48.8 Å². The quantitative estimate of drug-likeness (QED) is 0.229. The predicted molar refractivity (Wildman–Crippen MR) is 85.1 cm³/mol. The molecule has 0 saturated heterocycles. The van der Waals surface area contributed by atoms with Crippen molar-refractivity contribution in [2.45, 2.75) is 0 Å². The first-order chi connectivity index (χ1) is 8.36. The minimum Gasteiger partial charge on any atom is -0.256 e. The maximum Gasteiger partial charge on any atom is 0.0795 e. The van der Waals surface area contributed by atoms with Gasteiger partial charge in [0.15, 0.2) is 0 Å². The van der Waals surface area contributed by atoms with E-state index < -0.39 is 0 Å². The second-order valence-electron chi connectivity index (χ2n) is 3.25. The van der Waals surface area contributed by atoms with E-state index in [9.17, 15) is 0 Å². The first kappa shape index (κ1) is 16.6. The molecule has 0 amide bonds. The van der Waals surface area contributed by atoms with Gasteiger partial charge in [0.2, 0.25) is 0 Å². The van der Waals surface area contributed by atoms with Crippen LogP contribution in [0, 0.1) is 0 Å². The molecule has 3 rings (SSSR count). The molecule has 0 unspecified atom stereocenters. The predicted octanol–water partition coefficient (Wildman–Crippen LogP) is 4.55. The maximum absolute atomic E-state index is 4.37. The third-order valence-electron chi connectivity index (χ3n) is 2.35. The molecule has 6 heteroatoms. The van der Waals surface area contributed by atoms with Crippen molar-refractivity contribution in [2.24, 2.45) is 0 Å². The number of halogens is 2. The third-order valence-corrected chi connectivity index (χ3v) is 2.35. The zero-order valence-electron chi connectivity index (χ0n) is 8.87. The van der Waals surface area contributed by atoms with Crippen LogP contribution in [0.3, 0.4) is 0 Å². The molecular formula is C12H8Cu2I2N2. The zero-order valence-corrected chi connectivity index (χ0v) is 15.1. The monoisotopic (exact) mass is 560 g/mol. The summed E-state index contributed by atoms with van der Waals surface area (Å²) in [7, 11) is 1.75. The molecule has 18 heavy (non-hydrogen) atoms. The molecule has 1 radical (unpaired) electrons. The Morgan fingerprint density at radius 1 is 0.889 bits per heavy atom. The fourth-order valence-electron chi connectivity index (χ4n) is 1.70. The molecule has 2 aromatic heterocycles. The smallest absolute Gasteiger partial charge is 0.0795 e. The van der Waals surface area contributed by atoms with Crippen LogP contribution in [0.2, 0.25) is 0 Å². The number of hydrogen-bond acceptors (Lipinski definition) is 2. The van der Waals surface area contributed by atoms with Crippen molar-refractivity contribution in [3.8, 4) is 0 Å². The average molecular weight is 561 g/mol.